The molecule has 2 N–H and O–H groups in total. The van der Waals surface area contributed by atoms with Gasteiger partial charge in [-0.1, -0.05) is 17.7 Å². The molecule has 1 aliphatic rings. The molecule has 5 heteroatoms. The van der Waals surface area contributed by atoms with Crippen LogP contribution < -0.4 is 10.1 Å². The Labute approximate surface area is 111 Å². The largest absolute Gasteiger partial charge is 0.496 e. The van der Waals surface area contributed by atoms with E-state index in [1.807, 2.05) is 0 Å². The van der Waals surface area contributed by atoms with Crippen molar-refractivity contribution in [1.82, 2.24) is 5.32 Å². The molecule has 0 aliphatic heterocycles. The first-order valence-electron chi connectivity index (χ1n) is 5.89. The average Bonchev–Trinajstić information content (AvgIpc) is 2.33. The Morgan fingerprint density at radius 1 is 1.56 bits per heavy atom. The summed E-state index contributed by atoms with van der Waals surface area (Å²) in [6, 6.07) is 5.04. The Bertz CT molecular complexity index is 458. The fourth-order valence-corrected chi connectivity index (χ4v) is 2.24. The smallest absolute Gasteiger partial charge is 0.256 e. The lowest BCUT2D eigenvalue weighted by atomic mass is 9.80. The molecule has 1 saturated carbocycles. The molecule has 0 atom stereocenters. The lowest BCUT2D eigenvalue weighted by molar-refractivity contribution is -0.0300. The number of carbonyl (C=O) groups is 1. The molecule has 1 fully saturated rings. The van der Waals surface area contributed by atoms with E-state index in [1.165, 1.54) is 7.11 Å². The van der Waals surface area contributed by atoms with E-state index in [0.717, 1.165) is 19.3 Å². The van der Waals surface area contributed by atoms with Crippen molar-refractivity contribution in [2.45, 2.75) is 24.9 Å². The lowest BCUT2D eigenvalue weighted by Gasteiger charge is -2.36. The van der Waals surface area contributed by atoms with E-state index in [0.29, 0.717) is 16.3 Å². The summed E-state index contributed by atoms with van der Waals surface area (Å²) in [5, 5.41) is 13.0. The zero-order chi connectivity index (χ0) is 13.2. The number of methoxy groups -OCH3 is 1. The Balaban J connectivity index is 2.08. The van der Waals surface area contributed by atoms with Crippen LogP contribution >= 0.6 is 11.6 Å². The molecule has 1 aromatic rings. The summed E-state index contributed by atoms with van der Waals surface area (Å²) in [7, 11) is 1.49. The minimum absolute atomic E-state index is 0.250. The van der Waals surface area contributed by atoms with Crippen molar-refractivity contribution in [1.29, 1.82) is 0 Å². The summed E-state index contributed by atoms with van der Waals surface area (Å²) >= 11 is 6.00. The highest BCUT2D eigenvalue weighted by Gasteiger charge is 2.34. The third kappa shape index (κ3) is 2.60. The molecule has 1 aromatic carbocycles. The topological polar surface area (TPSA) is 58.6 Å². The quantitative estimate of drug-likeness (QED) is 0.879. The van der Waals surface area contributed by atoms with Crippen LogP contribution in [-0.4, -0.2) is 30.3 Å². The van der Waals surface area contributed by atoms with Crippen LogP contribution in [0.1, 0.15) is 29.6 Å². The van der Waals surface area contributed by atoms with Gasteiger partial charge in [0.25, 0.3) is 5.91 Å². The molecule has 0 heterocycles. The number of halogens is 1. The van der Waals surface area contributed by atoms with E-state index in [2.05, 4.69) is 5.32 Å². The summed E-state index contributed by atoms with van der Waals surface area (Å²) in [6.07, 6.45) is 2.46. The van der Waals surface area contributed by atoms with Crippen molar-refractivity contribution < 1.29 is 14.6 Å². The molecule has 2 rings (SSSR count). The van der Waals surface area contributed by atoms with Crippen molar-refractivity contribution in [3.8, 4) is 5.75 Å². The molecule has 1 amide bonds. The molecule has 0 unspecified atom stereocenters. The Morgan fingerprint density at radius 2 is 2.28 bits per heavy atom. The van der Waals surface area contributed by atoms with Crippen LogP contribution in [0.2, 0.25) is 5.02 Å². The van der Waals surface area contributed by atoms with Gasteiger partial charge in [-0.15, -0.1) is 0 Å². The molecule has 0 radical (unpaired) electrons. The number of carbonyl (C=O) groups excluding carboxylic acids is 1. The van der Waals surface area contributed by atoms with Gasteiger partial charge in [-0.25, -0.2) is 0 Å². The van der Waals surface area contributed by atoms with E-state index in [-0.39, 0.29) is 12.5 Å². The van der Waals surface area contributed by atoms with Gasteiger partial charge in [0.05, 0.1) is 23.3 Å². The first-order valence-corrected chi connectivity index (χ1v) is 6.27. The number of benzene rings is 1. The number of hydrogen-bond acceptors (Lipinski definition) is 3. The van der Waals surface area contributed by atoms with Crippen LogP contribution in [0.25, 0.3) is 0 Å². The van der Waals surface area contributed by atoms with E-state index in [9.17, 15) is 9.90 Å². The molecule has 4 nitrogen and oxygen atoms in total. The second-order valence-electron chi connectivity index (χ2n) is 4.58. The summed E-state index contributed by atoms with van der Waals surface area (Å²) in [6.45, 7) is 0.250. The molecule has 98 valence electrons. The van der Waals surface area contributed by atoms with Gasteiger partial charge in [0.2, 0.25) is 0 Å². The van der Waals surface area contributed by atoms with Gasteiger partial charge >= 0.3 is 0 Å². The second kappa shape index (κ2) is 5.16. The molecular formula is C13H16ClNO3. The number of amides is 1. The van der Waals surface area contributed by atoms with Crippen LogP contribution in [0.4, 0.5) is 0 Å². The third-order valence-corrected chi connectivity index (χ3v) is 3.60. The number of hydrogen-bond donors (Lipinski definition) is 2. The van der Waals surface area contributed by atoms with Crippen molar-refractivity contribution in [2.75, 3.05) is 13.7 Å². The van der Waals surface area contributed by atoms with Crippen LogP contribution in [0.15, 0.2) is 18.2 Å². The fraction of sp³-hybridized carbons (Fsp3) is 0.462. The maximum absolute atomic E-state index is 12.0. The van der Waals surface area contributed by atoms with E-state index < -0.39 is 5.60 Å². The van der Waals surface area contributed by atoms with E-state index >= 15 is 0 Å². The van der Waals surface area contributed by atoms with Crippen molar-refractivity contribution in [3.05, 3.63) is 28.8 Å². The number of rotatable bonds is 4. The monoisotopic (exact) mass is 269 g/mol. The first kappa shape index (κ1) is 13.2. The molecule has 1 aliphatic carbocycles. The molecule has 18 heavy (non-hydrogen) atoms. The molecule has 0 spiro atoms. The number of nitrogens with one attached hydrogen (secondary N) is 1. The standard InChI is InChI=1S/C13H16ClNO3/c1-18-10-5-2-4-9(14)11(10)12(16)15-8-13(17)6-3-7-13/h2,4-5,17H,3,6-8H2,1H3,(H,15,16). The Hall–Kier alpha value is -1.26. The van der Waals surface area contributed by atoms with Gasteiger partial charge in [0.1, 0.15) is 5.75 Å². The minimum Gasteiger partial charge on any atom is -0.496 e. The fourth-order valence-electron chi connectivity index (χ4n) is 1.99. The van der Waals surface area contributed by atoms with Crippen LogP contribution in [0.3, 0.4) is 0 Å². The summed E-state index contributed by atoms with van der Waals surface area (Å²) in [5.74, 6) is 0.110. The maximum atomic E-state index is 12.0. The molecular weight excluding hydrogens is 254 g/mol. The zero-order valence-corrected chi connectivity index (χ0v) is 11.0. The normalized spacial score (nSPS) is 16.8. The van der Waals surface area contributed by atoms with Gasteiger partial charge in [-0.2, -0.15) is 0 Å². The predicted octanol–water partition coefficient (Wildman–Crippen LogP) is 1.99. The lowest BCUT2D eigenvalue weighted by Crippen LogP contribution is -2.47. The van der Waals surface area contributed by atoms with Gasteiger partial charge in [-0.05, 0) is 31.4 Å². The summed E-state index contributed by atoms with van der Waals surface area (Å²) in [4.78, 5) is 12.0. The summed E-state index contributed by atoms with van der Waals surface area (Å²) in [5.41, 5.74) is -0.436. The van der Waals surface area contributed by atoms with Crippen molar-refractivity contribution in [2.24, 2.45) is 0 Å². The van der Waals surface area contributed by atoms with Crippen LogP contribution in [0.5, 0.6) is 5.75 Å². The molecule has 0 bridgehead atoms. The van der Waals surface area contributed by atoms with Gasteiger partial charge in [0.15, 0.2) is 0 Å². The second-order valence-corrected chi connectivity index (χ2v) is 4.98. The third-order valence-electron chi connectivity index (χ3n) is 3.28. The Morgan fingerprint density at radius 3 is 2.83 bits per heavy atom. The number of aliphatic hydroxyl groups is 1. The van der Waals surface area contributed by atoms with Gasteiger partial charge in [0, 0.05) is 6.54 Å². The highest BCUT2D eigenvalue weighted by atomic mass is 35.5. The highest BCUT2D eigenvalue weighted by Crippen LogP contribution is 2.31. The van der Waals surface area contributed by atoms with Crippen LogP contribution in [-0.2, 0) is 0 Å². The number of ether oxygens (including phenoxy) is 1. The van der Waals surface area contributed by atoms with Gasteiger partial charge < -0.3 is 15.2 Å². The highest BCUT2D eigenvalue weighted by molar-refractivity contribution is 6.34. The Kier molecular flexibility index (Phi) is 3.78. The molecule has 0 aromatic heterocycles. The maximum Gasteiger partial charge on any atom is 0.256 e. The van der Waals surface area contributed by atoms with E-state index in [1.54, 1.807) is 18.2 Å². The van der Waals surface area contributed by atoms with Gasteiger partial charge in [-0.3, -0.25) is 4.79 Å². The average molecular weight is 270 g/mol. The predicted molar refractivity (Wildman–Crippen MR) is 69.1 cm³/mol. The van der Waals surface area contributed by atoms with E-state index in [4.69, 9.17) is 16.3 Å². The molecule has 0 saturated heterocycles. The summed E-state index contributed by atoms with van der Waals surface area (Å²) < 4.78 is 5.11. The minimum atomic E-state index is -0.746. The first-order chi connectivity index (χ1) is 8.56. The SMILES string of the molecule is COc1cccc(Cl)c1C(=O)NCC1(O)CCC1. The zero-order valence-electron chi connectivity index (χ0n) is 10.2. The van der Waals surface area contributed by atoms with Crippen molar-refractivity contribution in [3.63, 3.8) is 0 Å². The van der Waals surface area contributed by atoms with Crippen LogP contribution in [0, 0.1) is 0 Å². The van der Waals surface area contributed by atoms with Crippen molar-refractivity contribution >= 4 is 17.5 Å².